The number of amides is 1. The molecule has 26 heavy (non-hydrogen) atoms. The fraction of sp³-hybridized carbons (Fsp3) is 0.294. The van der Waals surface area contributed by atoms with Gasteiger partial charge in [-0.1, -0.05) is 12.1 Å². The summed E-state index contributed by atoms with van der Waals surface area (Å²) in [5.74, 6) is -1.23. The van der Waals surface area contributed by atoms with Crippen molar-refractivity contribution in [3.8, 4) is 0 Å². The van der Waals surface area contributed by atoms with E-state index in [9.17, 15) is 19.5 Å². The Morgan fingerprint density at radius 1 is 1.27 bits per heavy atom. The smallest absolute Gasteiger partial charge is 0.356 e. The summed E-state index contributed by atoms with van der Waals surface area (Å²) in [6, 6.07) is 7.32. The normalized spacial score (nSPS) is 13.8. The van der Waals surface area contributed by atoms with Crippen molar-refractivity contribution in [2.24, 2.45) is 0 Å². The van der Waals surface area contributed by atoms with Crippen LogP contribution in [0, 0.1) is 0 Å². The average molecular weight is 355 g/mol. The van der Waals surface area contributed by atoms with Gasteiger partial charge in [0.05, 0.1) is 11.0 Å². The molecular formula is C17H17N5O4. The number of nitrogens with one attached hydrogen (secondary N) is 2. The summed E-state index contributed by atoms with van der Waals surface area (Å²) in [5.41, 5.74) is 2.53. The molecular weight excluding hydrogens is 338 g/mol. The lowest BCUT2D eigenvalue weighted by Crippen LogP contribution is -2.37. The zero-order valence-electron chi connectivity index (χ0n) is 13.9. The van der Waals surface area contributed by atoms with Crippen molar-refractivity contribution in [3.63, 3.8) is 0 Å². The van der Waals surface area contributed by atoms with E-state index in [1.54, 1.807) is 9.47 Å². The zero-order valence-corrected chi connectivity index (χ0v) is 13.9. The molecule has 1 aromatic carbocycles. The average Bonchev–Trinajstić information content (AvgIpc) is 3.19. The van der Waals surface area contributed by atoms with Gasteiger partial charge in [-0.05, 0) is 12.1 Å². The Labute approximate surface area is 147 Å². The SMILES string of the molecule is O=C(O)c1n[nH]c2c1CN(C(=O)CCn1c(=O)[nH]c3ccccc31)CC2. The second-order valence-corrected chi connectivity index (χ2v) is 6.25. The summed E-state index contributed by atoms with van der Waals surface area (Å²) in [6.45, 7) is 0.979. The number of carbonyl (C=O) groups excluding carboxylic acids is 1. The monoisotopic (exact) mass is 355 g/mol. The van der Waals surface area contributed by atoms with Crippen LogP contribution in [0.25, 0.3) is 11.0 Å². The van der Waals surface area contributed by atoms with Crippen molar-refractivity contribution >= 4 is 22.9 Å². The van der Waals surface area contributed by atoms with Gasteiger partial charge >= 0.3 is 11.7 Å². The van der Waals surface area contributed by atoms with E-state index in [0.29, 0.717) is 18.5 Å². The van der Waals surface area contributed by atoms with Gasteiger partial charge in [-0.2, -0.15) is 5.10 Å². The first kappa shape index (κ1) is 16.1. The van der Waals surface area contributed by atoms with Crippen molar-refractivity contribution in [2.75, 3.05) is 6.54 Å². The molecule has 3 N–H and O–H groups in total. The van der Waals surface area contributed by atoms with Crippen LogP contribution in [-0.4, -0.2) is 48.2 Å². The van der Waals surface area contributed by atoms with Crippen molar-refractivity contribution in [1.29, 1.82) is 0 Å². The number of nitrogens with zero attached hydrogens (tertiary/aromatic N) is 3. The number of aromatic carboxylic acids is 1. The van der Waals surface area contributed by atoms with Crippen LogP contribution in [-0.2, 0) is 24.3 Å². The van der Waals surface area contributed by atoms with Crippen LogP contribution in [0.5, 0.6) is 0 Å². The molecule has 134 valence electrons. The number of rotatable bonds is 4. The summed E-state index contributed by atoms with van der Waals surface area (Å²) < 4.78 is 1.54. The van der Waals surface area contributed by atoms with Gasteiger partial charge in [0.2, 0.25) is 5.91 Å². The Kier molecular flexibility index (Phi) is 3.83. The molecule has 0 fully saturated rings. The molecule has 9 heteroatoms. The highest BCUT2D eigenvalue weighted by molar-refractivity contribution is 5.88. The van der Waals surface area contributed by atoms with Crippen LogP contribution in [0.4, 0.5) is 0 Å². The molecule has 9 nitrogen and oxygen atoms in total. The fourth-order valence-corrected chi connectivity index (χ4v) is 3.38. The number of fused-ring (bicyclic) bond motifs is 2. The highest BCUT2D eigenvalue weighted by Crippen LogP contribution is 2.21. The third-order valence-electron chi connectivity index (χ3n) is 4.72. The highest BCUT2D eigenvalue weighted by atomic mass is 16.4. The number of para-hydroxylation sites is 2. The second-order valence-electron chi connectivity index (χ2n) is 6.25. The van der Waals surface area contributed by atoms with Gasteiger partial charge in [-0.3, -0.25) is 14.5 Å². The topological polar surface area (TPSA) is 124 Å². The lowest BCUT2D eigenvalue weighted by Gasteiger charge is -2.27. The molecule has 3 aromatic rings. The van der Waals surface area contributed by atoms with Crippen molar-refractivity contribution in [3.05, 3.63) is 51.7 Å². The van der Waals surface area contributed by atoms with Gasteiger partial charge < -0.3 is 15.0 Å². The Balaban J connectivity index is 1.49. The molecule has 1 aliphatic heterocycles. The van der Waals surface area contributed by atoms with Crippen LogP contribution >= 0.6 is 0 Å². The molecule has 0 aliphatic carbocycles. The molecule has 0 spiro atoms. The Morgan fingerprint density at radius 3 is 2.88 bits per heavy atom. The number of carbonyl (C=O) groups is 2. The van der Waals surface area contributed by atoms with Crippen LogP contribution in [0.1, 0.15) is 28.2 Å². The minimum Gasteiger partial charge on any atom is -0.476 e. The lowest BCUT2D eigenvalue weighted by atomic mass is 10.0. The molecule has 1 aliphatic rings. The van der Waals surface area contributed by atoms with Crippen molar-refractivity contribution < 1.29 is 14.7 Å². The summed E-state index contributed by atoms with van der Waals surface area (Å²) in [6.07, 6.45) is 0.700. The maximum atomic E-state index is 12.6. The van der Waals surface area contributed by atoms with Crippen LogP contribution < -0.4 is 5.69 Å². The van der Waals surface area contributed by atoms with Gasteiger partial charge in [-0.15, -0.1) is 0 Å². The maximum absolute atomic E-state index is 12.6. The third kappa shape index (κ3) is 2.67. The van der Waals surface area contributed by atoms with Gasteiger partial charge in [0.15, 0.2) is 5.69 Å². The quantitative estimate of drug-likeness (QED) is 0.636. The standard InChI is InChI=1S/C17H17N5O4/c23-14(6-8-22-13-4-2-1-3-12(13)18-17(22)26)21-7-5-11-10(9-21)15(16(24)25)20-19-11/h1-4H,5-9H2,(H,18,26)(H,19,20)(H,24,25). The number of aryl methyl sites for hydroxylation is 1. The van der Waals surface area contributed by atoms with E-state index in [4.69, 9.17) is 0 Å². The van der Waals surface area contributed by atoms with Gasteiger partial charge in [-0.25, -0.2) is 9.59 Å². The summed E-state index contributed by atoms with van der Waals surface area (Å²) in [7, 11) is 0. The van der Waals surface area contributed by atoms with Crippen LogP contribution in [0.2, 0.25) is 0 Å². The molecule has 0 saturated heterocycles. The second kappa shape index (κ2) is 6.17. The number of carboxylic acid groups (broad SMARTS) is 1. The van der Waals surface area contributed by atoms with Crippen LogP contribution in [0.3, 0.4) is 0 Å². The number of hydrogen-bond donors (Lipinski definition) is 3. The summed E-state index contributed by atoms with van der Waals surface area (Å²) in [4.78, 5) is 40.3. The minimum absolute atomic E-state index is 0.0367. The molecule has 0 saturated carbocycles. The number of H-pyrrole nitrogens is 2. The number of hydrogen-bond acceptors (Lipinski definition) is 4. The van der Waals surface area contributed by atoms with E-state index in [-0.39, 0.29) is 36.8 Å². The van der Waals surface area contributed by atoms with Gasteiger partial charge in [0.1, 0.15) is 0 Å². The lowest BCUT2D eigenvalue weighted by molar-refractivity contribution is -0.132. The molecule has 3 heterocycles. The molecule has 0 unspecified atom stereocenters. The van der Waals surface area contributed by atoms with Gasteiger partial charge in [0, 0.05) is 43.7 Å². The maximum Gasteiger partial charge on any atom is 0.356 e. The van der Waals surface area contributed by atoms with E-state index >= 15 is 0 Å². The van der Waals surface area contributed by atoms with E-state index in [2.05, 4.69) is 15.2 Å². The fourth-order valence-electron chi connectivity index (χ4n) is 3.38. The van der Waals surface area contributed by atoms with E-state index in [1.165, 1.54) is 0 Å². The number of carboxylic acids is 1. The van der Waals surface area contributed by atoms with Crippen molar-refractivity contribution in [1.82, 2.24) is 24.6 Å². The number of benzene rings is 1. The number of aromatic nitrogens is 4. The molecule has 0 atom stereocenters. The third-order valence-corrected chi connectivity index (χ3v) is 4.72. The minimum atomic E-state index is -1.11. The largest absolute Gasteiger partial charge is 0.476 e. The Bertz CT molecular complexity index is 1060. The predicted molar refractivity (Wildman–Crippen MR) is 91.8 cm³/mol. The van der Waals surface area contributed by atoms with E-state index < -0.39 is 5.97 Å². The molecule has 0 radical (unpaired) electrons. The van der Waals surface area contributed by atoms with Gasteiger partial charge in [0.25, 0.3) is 0 Å². The number of imidazole rings is 1. The zero-order chi connectivity index (χ0) is 18.3. The first-order valence-corrected chi connectivity index (χ1v) is 8.29. The Morgan fingerprint density at radius 2 is 2.08 bits per heavy atom. The first-order valence-electron chi connectivity index (χ1n) is 8.29. The van der Waals surface area contributed by atoms with Crippen molar-refractivity contribution in [2.45, 2.75) is 25.9 Å². The molecule has 0 bridgehead atoms. The molecule has 2 aromatic heterocycles. The number of aromatic amines is 2. The Hall–Kier alpha value is -3.36. The molecule has 4 rings (SSSR count). The first-order chi connectivity index (χ1) is 12.5. The van der Waals surface area contributed by atoms with E-state index in [1.807, 2.05) is 24.3 Å². The van der Waals surface area contributed by atoms with E-state index in [0.717, 1.165) is 16.7 Å². The summed E-state index contributed by atoms with van der Waals surface area (Å²) >= 11 is 0. The predicted octanol–water partition coefficient (Wildman–Crippen LogP) is 0.726. The summed E-state index contributed by atoms with van der Waals surface area (Å²) in [5, 5.41) is 15.7. The molecule has 1 amide bonds. The highest BCUT2D eigenvalue weighted by Gasteiger charge is 2.27. The van der Waals surface area contributed by atoms with Crippen LogP contribution in [0.15, 0.2) is 29.1 Å².